The summed E-state index contributed by atoms with van der Waals surface area (Å²) in [4.78, 5) is 20.7. The number of amides is 1. The summed E-state index contributed by atoms with van der Waals surface area (Å²) in [7, 11) is 0. The quantitative estimate of drug-likeness (QED) is 0.875. The molecular formula is C19H26N4O. The number of benzene rings is 1. The molecule has 0 spiro atoms. The molecule has 0 aliphatic carbocycles. The molecule has 24 heavy (non-hydrogen) atoms. The molecule has 2 rings (SSSR count). The molecule has 2 aromatic rings. The third-order valence-corrected chi connectivity index (χ3v) is 3.64. The highest BCUT2D eigenvalue weighted by atomic mass is 16.1. The molecule has 0 fully saturated rings. The Balaban J connectivity index is 2.20. The molecule has 0 saturated heterocycles. The van der Waals surface area contributed by atoms with Crippen molar-refractivity contribution in [3.05, 3.63) is 47.3 Å². The standard InChI is InChI=1S/C19H26N4O/c1-6-13-9-8-10-14(7-2)16(13)22-18-20-11-15(12-21-18)17(24)23-19(3,4)5/h8-12H,6-7H2,1-5H3,(H,23,24)(H,20,21,22). The highest BCUT2D eigenvalue weighted by Gasteiger charge is 2.16. The normalized spacial score (nSPS) is 11.2. The third-order valence-electron chi connectivity index (χ3n) is 3.64. The molecule has 5 heteroatoms. The summed E-state index contributed by atoms with van der Waals surface area (Å²) in [6.45, 7) is 10.1. The van der Waals surface area contributed by atoms with Crippen LogP contribution in [0, 0.1) is 0 Å². The third kappa shape index (κ3) is 4.54. The lowest BCUT2D eigenvalue weighted by atomic mass is 10.0. The average molecular weight is 326 g/mol. The van der Waals surface area contributed by atoms with E-state index in [1.165, 1.54) is 11.1 Å². The first-order chi connectivity index (χ1) is 11.3. The Kier molecular flexibility index (Phi) is 5.54. The summed E-state index contributed by atoms with van der Waals surface area (Å²) in [5, 5.41) is 6.21. The Bertz CT molecular complexity index is 680. The second-order valence-corrected chi connectivity index (χ2v) is 6.78. The number of aromatic nitrogens is 2. The number of carbonyl (C=O) groups excluding carboxylic acids is 1. The fourth-order valence-corrected chi connectivity index (χ4v) is 2.44. The molecule has 2 N–H and O–H groups in total. The van der Waals surface area contributed by atoms with Gasteiger partial charge in [-0.3, -0.25) is 4.79 Å². The molecular weight excluding hydrogens is 300 g/mol. The number of anilines is 2. The van der Waals surface area contributed by atoms with Crippen LogP contribution >= 0.6 is 0 Å². The molecule has 0 bridgehead atoms. The number of para-hydroxylation sites is 1. The Morgan fingerprint density at radius 3 is 2.04 bits per heavy atom. The number of rotatable bonds is 5. The van der Waals surface area contributed by atoms with Gasteiger partial charge in [0.1, 0.15) is 0 Å². The molecule has 1 heterocycles. The monoisotopic (exact) mass is 326 g/mol. The summed E-state index contributed by atoms with van der Waals surface area (Å²) in [5.41, 5.74) is 3.69. The van der Waals surface area contributed by atoms with Crippen molar-refractivity contribution in [3.8, 4) is 0 Å². The molecule has 1 aromatic heterocycles. The zero-order valence-corrected chi connectivity index (χ0v) is 15.1. The summed E-state index contributed by atoms with van der Waals surface area (Å²) >= 11 is 0. The van der Waals surface area contributed by atoms with Gasteiger partial charge in [-0.2, -0.15) is 0 Å². The van der Waals surface area contributed by atoms with Gasteiger partial charge in [-0.1, -0.05) is 32.0 Å². The van der Waals surface area contributed by atoms with Crippen molar-refractivity contribution >= 4 is 17.5 Å². The first-order valence-corrected chi connectivity index (χ1v) is 8.36. The van der Waals surface area contributed by atoms with Gasteiger partial charge in [-0.15, -0.1) is 0 Å². The molecule has 0 radical (unpaired) electrons. The minimum atomic E-state index is -0.288. The van der Waals surface area contributed by atoms with Gasteiger partial charge in [-0.25, -0.2) is 9.97 Å². The van der Waals surface area contributed by atoms with E-state index in [0.29, 0.717) is 11.5 Å². The molecule has 1 amide bonds. The zero-order chi connectivity index (χ0) is 17.7. The second kappa shape index (κ2) is 7.43. The number of carbonyl (C=O) groups is 1. The first-order valence-electron chi connectivity index (χ1n) is 8.36. The van der Waals surface area contributed by atoms with Crippen molar-refractivity contribution in [3.63, 3.8) is 0 Å². The molecule has 0 aliphatic heterocycles. The maximum atomic E-state index is 12.1. The van der Waals surface area contributed by atoms with Gasteiger partial charge >= 0.3 is 0 Å². The van der Waals surface area contributed by atoms with Crippen LogP contribution in [0.25, 0.3) is 0 Å². The Morgan fingerprint density at radius 1 is 1.04 bits per heavy atom. The van der Waals surface area contributed by atoms with Crippen LogP contribution in [-0.4, -0.2) is 21.4 Å². The molecule has 0 saturated carbocycles. The second-order valence-electron chi connectivity index (χ2n) is 6.78. The predicted molar refractivity (Wildman–Crippen MR) is 97.7 cm³/mol. The van der Waals surface area contributed by atoms with E-state index < -0.39 is 0 Å². The molecule has 5 nitrogen and oxygen atoms in total. The maximum Gasteiger partial charge on any atom is 0.254 e. The predicted octanol–water partition coefficient (Wildman–Crippen LogP) is 3.87. The van der Waals surface area contributed by atoms with Crippen LogP contribution in [0.5, 0.6) is 0 Å². The van der Waals surface area contributed by atoms with Crippen LogP contribution in [0.4, 0.5) is 11.6 Å². The van der Waals surface area contributed by atoms with E-state index in [2.05, 4.69) is 52.6 Å². The van der Waals surface area contributed by atoms with E-state index in [4.69, 9.17) is 0 Å². The van der Waals surface area contributed by atoms with Crippen molar-refractivity contribution in [2.45, 2.75) is 53.0 Å². The van der Waals surface area contributed by atoms with E-state index in [-0.39, 0.29) is 11.4 Å². The van der Waals surface area contributed by atoms with Gasteiger partial charge in [-0.05, 0) is 44.7 Å². The van der Waals surface area contributed by atoms with Crippen molar-refractivity contribution in [2.75, 3.05) is 5.32 Å². The smallest absolute Gasteiger partial charge is 0.254 e. The summed E-state index contributed by atoms with van der Waals surface area (Å²) in [6, 6.07) is 6.28. The van der Waals surface area contributed by atoms with Gasteiger partial charge in [0.2, 0.25) is 5.95 Å². The lowest BCUT2D eigenvalue weighted by Gasteiger charge is -2.20. The Labute approximate surface area is 143 Å². The molecule has 0 unspecified atom stereocenters. The zero-order valence-electron chi connectivity index (χ0n) is 15.1. The topological polar surface area (TPSA) is 66.9 Å². The van der Waals surface area contributed by atoms with E-state index in [1.807, 2.05) is 20.8 Å². The van der Waals surface area contributed by atoms with Crippen molar-refractivity contribution in [2.24, 2.45) is 0 Å². The number of aryl methyl sites for hydroxylation is 2. The van der Waals surface area contributed by atoms with Crippen LogP contribution < -0.4 is 10.6 Å². The minimum absolute atomic E-state index is 0.169. The summed E-state index contributed by atoms with van der Waals surface area (Å²) in [5.74, 6) is 0.329. The minimum Gasteiger partial charge on any atom is -0.347 e. The van der Waals surface area contributed by atoms with Crippen molar-refractivity contribution < 1.29 is 4.79 Å². The lowest BCUT2D eigenvalue weighted by Crippen LogP contribution is -2.40. The van der Waals surface area contributed by atoms with Gasteiger partial charge in [0.25, 0.3) is 5.91 Å². The van der Waals surface area contributed by atoms with E-state index in [0.717, 1.165) is 18.5 Å². The lowest BCUT2D eigenvalue weighted by molar-refractivity contribution is 0.0919. The maximum absolute atomic E-state index is 12.1. The Hall–Kier alpha value is -2.43. The van der Waals surface area contributed by atoms with E-state index in [9.17, 15) is 4.79 Å². The fraction of sp³-hybridized carbons (Fsp3) is 0.421. The van der Waals surface area contributed by atoms with E-state index >= 15 is 0 Å². The first kappa shape index (κ1) is 17.9. The highest BCUT2D eigenvalue weighted by molar-refractivity contribution is 5.94. The van der Waals surface area contributed by atoms with Crippen LogP contribution in [0.1, 0.15) is 56.1 Å². The molecule has 0 atom stereocenters. The number of hydrogen-bond donors (Lipinski definition) is 2. The van der Waals surface area contributed by atoms with Gasteiger partial charge in [0.15, 0.2) is 0 Å². The van der Waals surface area contributed by atoms with Crippen LogP contribution in [0.15, 0.2) is 30.6 Å². The van der Waals surface area contributed by atoms with Crippen LogP contribution in [0.2, 0.25) is 0 Å². The number of hydrogen-bond acceptors (Lipinski definition) is 4. The average Bonchev–Trinajstić information content (AvgIpc) is 2.54. The Morgan fingerprint density at radius 2 is 1.58 bits per heavy atom. The number of nitrogens with one attached hydrogen (secondary N) is 2. The fourth-order valence-electron chi connectivity index (χ4n) is 2.44. The summed E-state index contributed by atoms with van der Waals surface area (Å²) < 4.78 is 0. The van der Waals surface area contributed by atoms with Gasteiger partial charge < -0.3 is 10.6 Å². The van der Waals surface area contributed by atoms with Crippen LogP contribution in [-0.2, 0) is 12.8 Å². The largest absolute Gasteiger partial charge is 0.347 e. The SMILES string of the molecule is CCc1cccc(CC)c1Nc1ncc(C(=O)NC(C)(C)C)cn1. The van der Waals surface area contributed by atoms with Gasteiger partial charge in [0.05, 0.1) is 5.56 Å². The van der Waals surface area contributed by atoms with Crippen molar-refractivity contribution in [1.82, 2.24) is 15.3 Å². The molecule has 1 aromatic carbocycles. The molecule has 0 aliphatic rings. The highest BCUT2D eigenvalue weighted by Crippen LogP contribution is 2.25. The van der Waals surface area contributed by atoms with E-state index in [1.54, 1.807) is 12.4 Å². The number of nitrogens with zero attached hydrogens (tertiary/aromatic N) is 2. The van der Waals surface area contributed by atoms with Crippen molar-refractivity contribution in [1.29, 1.82) is 0 Å². The molecule has 128 valence electrons. The van der Waals surface area contributed by atoms with Crippen LogP contribution in [0.3, 0.4) is 0 Å². The summed E-state index contributed by atoms with van der Waals surface area (Å²) in [6.07, 6.45) is 4.97. The van der Waals surface area contributed by atoms with Gasteiger partial charge in [0, 0.05) is 23.6 Å².